The summed E-state index contributed by atoms with van der Waals surface area (Å²) in [5.41, 5.74) is 0.356. The van der Waals surface area contributed by atoms with Crippen molar-refractivity contribution in [3.8, 4) is 0 Å². The van der Waals surface area contributed by atoms with E-state index in [-0.39, 0.29) is 17.8 Å². The van der Waals surface area contributed by atoms with Gasteiger partial charge in [-0.25, -0.2) is 0 Å². The van der Waals surface area contributed by atoms with E-state index < -0.39 is 0 Å². The van der Waals surface area contributed by atoms with E-state index in [1.54, 1.807) is 11.8 Å². The van der Waals surface area contributed by atoms with E-state index in [9.17, 15) is 9.59 Å². The van der Waals surface area contributed by atoms with Crippen molar-refractivity contribution in [2.24, 2.45) is 5.92 Å². The molecule has 0 spiro atoms. The normalized spacial score (nSPS) is 20.1. The summed E-state index contributed by atoms with van der Waals surface area (Å²) in [6.07, 6.45) is 1.52. The number of esters is 1. The lowest BCUT2D eigenvalue weighted by Gasteiger charge is -2.37. The van der Waals surface area contributed by atoms with Crippen LogP contribution in [0.5, 0.6) is 0 Å². The number of benzene rings is 1. The van der Waals surface area contributed by atoms with Crippen molar-refractivity contribution in [1.29, 1.82) is 0 Å². The zero-order chi connectivity index (χ0) is 22.7. The van der Waals surface area contributed by atoms with Crippen LogP contribution in [-0.2, 0) is 9.53 Å². The fraction of sp³-hybridized carbons (Fsp3) is 0.583. The molecule has 0 N–H and O–H groups in total. The van der Waals surface area contributed by atoms with Crippen LogP contribution >= 0.6 is 0 Å². The van der Waals surface area contributed by atoms with E-state index in [0.29, 0.717) is 31.4 Å². The maximum Gasteiger partial charge on any atom is 0.310 e. The van der Waals surface area contributed by atoms with Gasteiger partial charge in [0.2, 0.25) is 0 Å². The quantitative estimate of drug-likeness (QED) is 0.663. The van der Waals surface area contributed by atoms with Gasteiger partial charge in [-0.1, -0.05) is 24.3 Å². The van der Waals surface area contributed by atoms with E-state index in [1.165, 1.54) is 0 Å². The molecule has 0 bridgehead atoms. The van der Waals surface area contributed by atoms with Crippen LogP contribution < -0.4 is 4.90 Å². The van der Waals surface area contributed by atoms with Gasteiger partial charge in [-0.15, -0.1) is 10.2 Å². The number of aromatic nitrogens is 2. The molecule has 0 aliphatic carbocycles. The number of rotatable bonds is 5. The lowest BCUT2D eigenvalue weighted by molar-refractivity contribution is -0.149. The Morgan fingerprint density at radius 3 is 2.47 bits per heavy atom. The van der Waals surface area contributed by atoms with Crippen LogP contribution in [0.2, 0.25) is 0 Å². The largest absolute Gasteiger partial charge is 0.466 e. The number of amides is 1. The highest BCUT2D eigenvalue weighted by Crippen LogP contribution is 2.28. The van der Waals surface area contributed by atoms with Crippen molar-refractivity contribution in [3.05, 3.63) is 30.0 Å². The predicted octanol–water partition coefficient (Wildman–Crippen LogP) is 2.58. The zero-order valence-corrected chi connectivity index (χ0v) is 19.3. The molecule has 1 unspecified atom stereocenters. The molecule has 32 heavy (non-hydrogen) atoms. The van der Waals surface area contributed by atoms with Gasteiger partial charge in [0.1, 0.15) is 0 Å². The molecule has 4 rings (SSSR count). The van der Waals surface area contributed by atoms with Gasteiger partial charge in [0.05, 0.1) is 12.5 Å². The van der Waals surface area contributed by atoms with E-state index >= 15 is 0 Å². The van der Waals surface area contributed by atoms with Gasteiger partial charge in [-0.3, -0.25) is 14.5 Å². The number of nitrogens with zero attached hydrogens (tertiary/aromatic N) is 5. The third kappa shape index (κ3) is 4.55. The Bertz CT molecular complexity index is 971. The Balaban J connectivity index is 1.57. The maximum absolute atomic E-state index is 13.4. The molecule has 3 heterocycles. The average Bonchev–Trinajstić information content (AvgIpc) is 2.83. The fourth-order valence-corrected chi connectivity index (χ4v) is 4.70. The lowest BCUT2D eigenvalue weighted by atomic mass is 9.97. The van der Waals surface area contributed by atoms with Crippen molar-refractivity contribution in [1.82, 2.24) is 20.0 Å². The Kier molecular flexibility index (Phi) is 6.89. The van der Waals surface area contributed by atoms with Crippen molar-refractivity contribution in [3.63, 3.8) is 0 Å². The van der Waals surface area contributed by atoms with Gasteiger partial charge in [0.25, 0.3) is 5.91 Å². The van der Waals surface area contributed by atoms with Gasteiger partial charge in [-0.2, -0.15) is 0 Å². The Morgan fingerprint density at radius 1 is 1.06 bits per heavy atom. The summed E-state index contributed by atoms with van der Waals surface area (Å²) in [5.74, 6) is 0.169. The summed E-state index contributed by atoms with van der Waals surface area (Å²) in [7, 11) is 0. The minimum atomic E-state index is -0.275. The first-order valence-electron chi connectivity index (χ1n) is 11.7. The number of piperidine rings is 1. The molecular formula is C24H33N5O3. The summed E-state index contributed by atoms with van der Waals surface area (Å²) >= 11 is 0. The van der Waals surface area contributed by atoms with Gasteiger partial charge < -0.3 is 14.5 Å². The highest BCUT2D eigenvalue weighted by molar-refractivity contribution is 6.07. The molecule has 1 aromatic carbocycles. The van der Waals surface area contributed by atoms with Gasteiger partial charge in [-0.05, 0) is 33.6 Å². The summed E-state index contributed by atoms with van der Waals surface area (Å²) < 4.78 is 5.18. The maximum atomic E-state index is 13.4. The highest BCUT2D eigenvalue weighted by Gasteiger charge is 2.32. The molecule has 0 saturated carbocycles. The SMILES string of the molecule is CCOC(=O)C1CCCN(C(=O)c2nnc(N3CCN(C(C)C)CC3)c3ccccc23)C1. The number of hydrogen-bond acceptors (Lipinski definition) is 7. The first-order valence-corrected chi connectivity index (χ1v) is 11.7. The van der Waals surface area contributed by atoms with E-state index in [2.05, 4.69) is 33.8 Å². The number of anilines is 1. The second kappa shape index (κ2) is 9.81. The predicted molar refractivity (Wildman–Crippen MR) is 124 cm³/mol. The van der Waals surface area contributed by atoms with Crippen molar-refractivity contribution in [2.75, 3.05) is 50.8 Å². The number of fused-ring (bicyclic) bond motifs is 1. The summed E-state index contributed by atoms with van der Waals surface area (Å²) in [6.45, 7) is 11.3. The molecule has 2 saturated heterocycles. The van der Waals surface area contributed by atoms with Crippen LogP contribution in [0.3, 0.4) is 0 Å². The third-order valence-electron chi connectivity index (χ3n) is 6.54. The molecule has 2 aliphatic rings. The van der Waals surface area contributed by atoms with Crippen LogP contribution in [0.1, 0.15) is 44.1 Å². The first kappa shape index (κ1) is 22.5. The number of piperazine rings is 1. The highest BCUT2D eigenvalue weighted by atomic mass is 16.5. The fourth-order valence-electron chi connectivity index (χ4n) is 4.70. The average molecular weight is 440 g/mol. The molecule has 2 aromatic rings. The molecule has 8 heteroatoms. The zero-order valence-electron chi connectivity index (χ0n) is 19.3. The summed E-state index contributed by atoms with van der Waals surface area (Å²) in [5, 5.41) is 10.7. The number of ether oxygens (including phenoxy) is 1. The summed E-state index contributed by atoms with van der Waals surface area (Å²) in [4.78, 5) is 32.0. The van der Waals surface area contributed by atoms with Crippen LogP contribution in [-0.4, -0.2) is 83.8 Å². The molecule has 2 fully saturated rings. The van der Waals surface area contributed by atoms with E-state index in [1.807, 2.05) is 24.3 Å². The second-order valence-electron chi connectivity index (χ2n) is 8.88. The van der Waals surface area contributed by atoms with Crippen LogP contribution in [0.4, 0.5) is 5.82 Å². The molecular weight excluding hydrogens is 406 g/mol. The molecule has 2 aliphatic heterocycles. The van der Waals surface area contributed by atoms with E-state index in [4.69, 9.17) is 4.74 Å². The second-order valence-corrected chi connectivity index (χ2v) is 8.88. The minimum Gasteiger partial charge on any atom is -0.466 e. The Morgan fingerprint density at radius 2 is 1.78 bits per heavy atom. The molecule has 0 radical (unpaired) electrons. The van der Waals surface area contributed by atoms with Crippen molar-refractivity contribution < 1.29 is 14.3 Å². The number of carbonyl (C=O) groups excluding carboxylic acids is 2. The van der Waals surface area contributed by atoms with Gasteiger partial charge in [0.15, 0.2) is 11.5 Å². The topological polar surface area (TPSA) is 78.9 Å². The van der Waals surface area contributed by atoms with Gasteiger partial charge in [0, 0.05) is 56.1 Å². The minimum absolute atomic E-state index is 0.168. The third-order valence-corrected chi connectivity index (χ3v) is 6.54. The molecule has 1 amide bonds. The summed E-state index contributed by atoms with van der Waals surface area (Å²) in [6, 6.07) is 8.39. The molecule has 1 atom stereocenters. The van der Waals surface area contributed by atoms with Crippen LogP contribution in [0.25, 0.3) is 10.8 Å². The monoisotopic (exact) mass is 439 g/mol. The van der Waals surface area contributed by atoms with Crippen molar-refractivity contribution >= 4 is 28.5 Å². The van der Waals surface area contributed by atoms with Crippen molar-refractivity contribution in [2.45, 2.75) is 39.7 Å². The number of likely N-dealkylation sites (tertiary alicyclic amines) is 1. The molecule has 8 nitrogen and oxygen atoms in total. The molecule has 172 valence electrons. The lowest BCUT2D eigenvalue weighted by Crippen LogP contribution is -2.49. The Labute approximate surface area is 189 Å². The number of carbonyl (C=O) groups is 2. The molecule has 1 aromatic heterocycles. The van der Waals surface area contributed by atoms with Crippen LogP contribution in [0, 0.1) is 5.92 Å². The number of hydrogen-bond donors (Lipinski definition) is 0. The smallest absolute Gasteiger partial charge is 0.310 e. The van der Waals surface area contributed by atoms with Crippen LogP contribution in [0.15, 0.2) is 24.3 Å². The first-order chi connectivity index (χ1) is 15.5. The van der Waals surface area contributed by atoms with E-state index in [0.717, 1.165) is 55.6 Å². The Hall–Kier alpha value is -2.74. The van der Waals surface area contributed by atoms with Gasteiger partial charge >= 0.3 is 5.97 Å². The standard InChI is InChI=1S/C24H33N5O3/c1-4-32-24(31)18-8-7-11-29(16-18)23(30)21-19-9-5-6-10-20(19)22(26-25-21)28-14-12-27(13-15-28)17(2)3/h5-6,9-10,17-18H,4,7-8,11-16H2,1-3H3.